The van der Waals surface area contributed by atoms with E-state index in [0.29, 0.717) is 17.5 Å². The summed E-state index contributed by atoms with van der Waals surface area (Å²) in [4.78, 5) is 7.89. The number of halogens is 5. The second-order valence-electron chi connectivity index (χ2n) is 6.65. The number of aliphatic hydroxyl groups is 1. The Hall–Kier alpha value is -1.53. The second kappa shape index (κ2) is 11.2. The molecule has 168 valence electrons. The highest BCUT2D eigenvalue weighted by Crippen LogP contribution is 2.40. The molecule has 0 saturated heterocycles. The van der Waals surface area contributed by atoms with E-state index in [1.165, 1.54) is 19.4 Å². The number of benzene rings is 1. The largest absolute Gasteiger partial charge is 0.424 e. The molecule has 2 atom stereocenters. The number of nitrogens with one attached hydrogen (secondary N) is 2. The van der Waals surface area contributed by atoms with Crippen molar-refractivity contribution in [2.24, 2.45) is 12.0 Å². The molecule has 0 amide bonds. The molecule has 0 radical (unpaired) electrons. The van der Waals surface area contributed by atoms with Crippen LogP contribution in [0.1, 0.15) is 37.7 Å². The Bertz CT molecular complexity index is 846. The van der Waals surface area contributed by atoms with Crippen LogP contribution in [0.5, 0.6) is 0 Å². The first-order valence-electron chi connectivity index (χ1n) is 9.15. The number of aromatic nitrogens is 2. The standard InChI is InChI=1S/C19H25ClF3N5O.HI/c1-4-24-17(27-13(2)14-6-5-7-15(20)12-14)26-9-8-18(29,19(21,22)23)16-25-10-11-28(16)3;/h5-7,10-13,29H,4,8-9H2,1-3H3,(H2,24,26,27);1H. The minimum absolute atomic E-state index is 0. The average Bonchev–Trinajstić information content (AvgIpc) is 3.07. The molecule has 3 N–H and O–H groups in total. The average molecular weight is 560 g/mol. The maximum atomic E-state index is 13.6. The first-order valence-corrected chi connectivity index (χ1v) is 9.53. The van der Waals surface area contributed by atoms with Crippen LogP contribution < -0.4 is 10.6 Å². The van der Waals surface area contributed by atoms with Crippen molar-refractivity contribution >= 4 is 41.5 Å². The molecule has 6 nitrogen and oxygen atoms in total. The molecule has 2 unspecified atom stereocenters. The Balaban J connectivity index is 0.00000450. The van der Waals surface area contributed by atoms with Gasteiger partial charge in [0.25, 0.3) is 0 Å². The van der Waals surface area contributed by atoms with Crippen molar-refractivity contribution in [3.05, 3.63) is 53.1 Å². The van der Waals surface area contributed by atoms with E-state index in [-0.39, 0.29) is 36.6 Å². The van der Waals surface area contributed by atoms with Gasteiger partial charge in [0, 0.05) is 44.0 Å². The zero-order chi connectivity index (χ0) is 21.7. The summed E-state index contributed by atoms with van der Waals surface area (Å²) in [6, 6.07) is 7.08. The summed E-state index contributed by atoms with van der Waals surface area (Å²) in [5, 5.41) is 17.1. The third-order valence-corrected chi connectivity index (χ3v) is 4.68. The summed E-state index contributed by atoms with van der Waals surface area (Å²) in [7, 11) is 1.40. The van der Waals surface area contributed by atoms with Crippen LogP contribution in [-0.2, 0) is 12.6 Å². The molecule has 1 heterocycles. The van der Waals surface area contributed by atoms with Gasteiger partial charge in [0.15, 0.2) is 5.96 Å². The first kappa shape index (κ1) is 26.5. The summed E-state index contributed by atoms with van der Waals surface area (Å²) in [5.74, 6) is -0.130. The van der Waals surface area contributed by atoms with Crippen molar-refractivity contribution in [2.75, 3.05) is 13.1 Å². The highest BCUT2D eigenvalue weighted by molar-refractivity contribution is 14.0. The summed E-state index contributed by atoms with van der Waals surface area (Å²) >= 11 is 6.01. The molecular weight excluding hydrogens is 534 g/mol. The highest BCUT2D eigenvalue weighted by Gasteiger charge is 2.57. The summed E-state index contributed by atoms with van der Waals surface area (Å²) < 4.78 is 41.9. The van der Waals surface area contributed by atoms with Crippen molar-refractivity contribution in [1.82, 2.24) is 20.2 Å². The molecule has 0 aliphatic rings. The van der Waals surface area contributed by atoms with E-state index in [1.807, 2.05) is 26.0 Å². The van der Waals surface area contributed by atoms with Gasteiger partial charge >= 0.3 is 6.18 Å². The van der Waals surface area contributed by atoms with Crippen molar-refractivity contribution < 1.29 is 18.3 Å². The molecule has 0 aliphatic carbocycles. The smallest absolute Gasteiger partial charge is 0.374 e. The zero-order valence-corrected chi connectivity index (χ0v) is 20.0. The third-order valence-electron chi connectivity index (χ3n) is 4.45. The number of hydrogen-bond donors (Lipinski definition) is 3. The lowest BCUT2D eigenvalue weighted by Crippen LogP contribution is -2.45. The fraction of sp³-hybridized carbons (Fsp3) is 0.474. The van der Waals surface area contributed by atoms with Crippen LogP contribution in [0.25, 0.3) is 0 Å². The lowest BCUT2D eigenvalue weighted by atomic mass is 9.98. The van der Waals surface area contributed by atoms with Crippen molar-refractivity contribution in [1.29, 1.82) is 0 Å². The molecule has 0 spiro atoms. The quantitative estimate of drug-likeness (QED) is 0.271. The maximum absolute atomic E-state index is 13.6. The number of imidazole rings is 1. The predicted molar refractivity (Wildman–Crippen MR) is 122 cm³/mol. The van der Waals surface area contributed by atoms with Crippen LogP contribution in [0.15, 0.2) is 41.7 Å². The van der Waals surface area contributed by atoms with E-state index in [2.05, 4.69) is 20.6 Å². The SMILES string of the molecule is CCNC(=NCCC(O)(c1nccn1C)C(F)(F)F)NC(C)c1cccc(Cl)c1.I. The van der Waals surface area contributed by atoms with Crippen LogP contribution >= 0.6 is 35.6 Å². The van der Waals surface area contributed by atoms with Gasteiger partial charge in [-0.05, 0) is 31.5 Å². The van der Waals surface area contributed by atoms with E-state index in [9.17, 15) is 18.3 Å². The summed E-state index contributed by atoms with van der Waals surface area (Å²) in [5.41, 5.74) is -2.19. The molecule has 30 heavy (non-hydrogen) atoms. The molecule has 0 fully saturated rings. The molecule has 1 aromatic heterocycles. The third kappa shape index (κ3) is 6.48. The Morgan fingerprint density at radius 1 is 1.37 bits per heavy atom. The van der Waals surface area contributed by atoms with E-state index >= 15 is 0 Å². The number of hydrogen-bond acceptors (Lipinski definition) is 3. The van der Waals surface area contributed by atoms with Crippen molar-refractivity contribution in [3.8, 4) is 0 Å². The first-order chi connectivity index (χ1) is 13.6. The molecule has 2 rings (SSSR count). The van der Waals surface area contributed by atoms with E-state index in [4.69, 9.17) is 11.6 Å². The number of nitrogens with zero attached hydrogens (tertiary/aromatic N) is 3. The van der Waals surface area contributed by atoms with Crippen molar-refractivity contribution in [2.45, 2.75) is 38.1 Å². The van der Waals surface area contributed by atoms with Crippen LogP contribution in [-0.4, -0.2) is 39.9 Å². The number of guanidine groups is 1. The zero-order valence-electron chi connectivity index (χ0n) is 16.9. The Morgan fingerprint density at radius 3 is 2.60 bits per heavy atom. The topological polar surface area (TPSA) is 74.5 Å². The Labute approximate surface area is 196 Å². The van der Waals surface area contributed by atoms with Gasteiger partial charge in [0.05, 0.1) is 6.04 Å². The molecule has 0 saturated carbocycles. The number of rotatable bonds is 7. The van der Waals surface area contributed by atoms with Crippen molar-refractivity contribution in [3.63, 3.8) is 0 Å². The van der Waals surface area contributed by atoms with Gasteiger partial charge in [0.1, 0.15) is 5.82 Å². The van der Waals surface area contributed by atoms with Gasteiger partial charge in [-0.15, -0.1) is 24.0 Å². The Morgan fingerprint density at radius 2 is 2.07 bits per heavy atom. The summed E-state index contributed by atoms with van der Waals surface area (Å²) in [6.45, 7) is 4.00. The minimum atomic E-state index is -4.89. The fourth-order valence-electron chi connectivity index (χ4n) is 2.86. The van der Waals surface area contributed by atoms with Gasteiger partial charge in [-0.3, -0.25) is 4.99 Å². The predicted octanol–water partition coefficient (Wildman–Crippen LogP) is 4.15. The Kier molecular flexibility index (Phi) is 9.89. The van der Waals surface area contributed by atoms with Crippen LogP contribution in [0.4, 0.5) is 13.2 Å². The number of aryl methyl sites for hydroxylation is 1. The van der Waals surface area contributed by atoms with Gasteiger partial charge in [0.2, 0.25) is 5.60 Å². The monoisotopic (exact) mass is 559 g/mol. The molecule has 11 heteroatoms. The lowest BCUT2D eigenvalue weighted by Gasteiger charge is -2.29. The van der Waals surface area contributed by atoms with E-state index in [0.717, 1.165) is 10.1 Å². The minimum Gasteiger partial charge on any atom is -0.374 e. The molecule has 0 aliphatic heterocycles. The number of alkyl halides is 3. The highest BCUT2D eigenvalue weighted by atomic mass is 127. The second-order valence-corrected chi connectivity index (χ2v) is 7.09. The van der Waals surface area contributed by atoms with Crippen LogP contribution in [0.2, 0.25) is 5.02 Å². The normalized spacial score (nSPS) is 15.1. The molecular formula is C19H26ClF3IN5O. The summed E-state index contributed by atoms with van der Waals surface area (Å²) in [6.07, 6.45) is -2.98. The maximum Gasteiger partial charge on any atom is 0.424 e. The van der Waals surface area contributed by atoms with Gasteiger partial charge < -0.3 is 20.3 Å². The molecule has 0 bridgehead atoms. The van der Waals surface area contributed by atoms with Gasteiger partial charge in [-0.2, -0.15) is 13.2 Å². The van der Waals surface area contributed by atoms with E-state index < -0.39 is 24.0 Å². The molecule has 2 aromatic rings. The van der Waals surface area contributed by atoms with E-state index in [1.54, 1.807) is 12.1 Å². The van der Waals surface area contributed by atoms with Gasteiger partial charge in [-0.25, -0.2) is 4.98 Å². The van der Waals surface area contributed by atoms with Gasteiger partial charge in [-0.1, -0.05) is 23.7 Å². The lowest BCUT2D eigenvalue weighted by molar-refractivity contribution is -0.272. The van der Waals surface area contributed by atoms with Crippen LogP contribution in [0, 0.1) is 0 Å². The molecule has 1 aromatic carbocycles. The fourth-order valence-corrected chi connectivity index (χ4v) is 3.06. The number of aliphatic imine (C=N–C) groups is 1. The van der Waals surface area contributed by atoms with Crippen LogP contribution in [0.3, 0.4) is 0 Å².